The number of rotatable bonds is 5. The molecule has 1 aromatic carbocycles. The lowest BCUT2D eigenvalue weighted by molar-refractivity contribution is 0.562. The normalized spacial score (nSPS) is 12.7. The van der Waals surface area contributed by atoms with Gasteiger partial charge in [0.15, 0.2) is 0 Å². The summed E-state index contributed by atoms with van der Waals surface area (Å²) < 4.78 is 2.20. The van der Waals surface area contributed by atoms with Crippen molar-refractivity contribution < 1.29 is 0 Å². The molecule has 4 heteroatoms. The molecule has 4 nitrogen and oxygen atoms in total. The lowest BCUT2D eigenvalue weighted by atomic mass is 10.0. The van der Waals surface area contributed by atoms with Gasteiger partial charge in [-0.1, -0.05) is 31.2 Å². The zero-order valence-corrected chi connectivity index (χ0v) is 12.5. The van der Waals surface area contributed by atoms with E-state index in [2.05, 4.69) is 51.0 Å². The van der Waals surface area contributed by atoms with Gasteiger partial charge in [0, 0.05) is 30.5 Å². The second kappa shape index (κ2) is 6.06. The number of benzene rings is 1. The summed E-state index contributed by atoms with van der Waals surface area (Å²) in [5.41, 5.74) is 1.03. The molecule has 2 heterocycles. The molecule has 108 valence electrons. The lowest BCUT2D eigenvalue weighted by Crippen LogP contribution is -2.23. The summed E-state index contributed by atoms with van der Waals surface area (Å²) in [5.74, 6) is 1.02. The van der Waals surface area contributed by atoms with E-state index in [0.717, 1.165) is 24.5 Å². The molecule has 0 saturated heterocycles. The first-order valence-electron chi connectivity index (χ1n) is 7.37. The third kappa shape index (κ3) is 2.54. The largest absolute Gasteiger partial charge is 0.333 e. The maximum Gasteiger partial charge on any atom is 0.132 e. The first-order chi connectivity index (χ1) is 10.3. The summed E-state index contributed by atoms with van der Waals surface area (Å²) >= 11 is 0. The van der Waals surface area contributed by atoms with Gasteiger partial charge in [0.2, 0.25) is 0 Å². The molecule has 0 aliphatic heterocycles. The minimum atomic E-state index is -0.00218. The van der Waals surface area contributed by atoms with Crippen LogP contribution in [0.2, 0.25) is 0 Å². The Bertz CT molecular complexity index is 727. The van der Waals surface area contributed by atoms with Gasteiger partial charge in [-0.25, -0.2) is 4.98 Å². The molecule has 0 aliphatic rings. The Labute approximate surface area is 124 Å². The first-order valence-corrected chi connectivity index (χ1v) is 7.37. The van der Waals surface area contributed by atoms with Gasteiger partial charge in [0.05, 0.1) is 5.69 Å². The third-order valence-electron chi connectivity index (χ3n) is 3.74. The number of aromatic nitrogens is 3. The van der Waals surface area contributed by atoms with Crippen LogP contribution >= 0.6 is 0 Å². The molecule has 0 radical (unpaired) electrons. The van der Waals surface area contributed by atoms with E-state index >= 15 is 0 Å². The van der Waals surface area contributed by atoms with Crippen LogP contribution in [0, 0.1) is 0 Å². The fourth-order valence-corrected chi connectivity index (χ4v) is 2.77. The van der Waals surface area contributed by atoms with E-state index in [4.69, 9.17) is 0 Å². The van der Waals surface area contributed by atoms with E-state index in [-0.39, 0.29) is 6.04 Å². The number of fused-ring (bicyclic) bond motifs is 1. The number of nitrogens with one attached hydrogen (secondary N) is 1. The van der Waals surface area contributed by atoms with E-state index in [1.165, 1.54) is 10.8 Å². The highest BCUT2D eigenvalue weighted by Gasteiger charge is 2.20. The van der Waals surface area contributed by atoms with Crippen molar-refractivity contribution in [2.75, 3.05) is 7.05 Å². The van der Waals surface area contributed by atoms with Gasteiger partial charge < -0.3 is 9.88 Å². The molecule has 21 heavy (non-hydrogen) atoms. The second-order valence-electron chi connectivity index (χ2n) is 5.12. The molecule has 1 N–H and O–H groups in total. The van der Waals surface area contributed by atoms with Crippen LogP contribution in [-0.2, 0) is 6.54 Å². The van der Waals surface area contributed by atoms with Gasteiger partial charge in [-0.3, -0.25) is 4.98 Å². The van der Waals surface area contributed by atoms with Crippen LogP contribution in [-0.4, -0.2) is 21.6 Å². The van der Waals surface area contributed by atoms with E-state index in [1.807, 2.05) is 31.7 Å². The topological polar surface area (TPSA) is 42.7 Å². The monoisotopic (exact) mass is 280 g/mol. The molecule has 0 saturated carbocycles. The average molecular weight is 280 g/mol. The van der Waals surface area contributed by atoms with Crippen LogP contribution < -0.4 is 5.32 Å². The summed E-state index contributed by atoms with van der Waals surface area (Å²) in [6, 6.07) is 10.4. The Hall–Kier alpha value is -2.20. The SMILES string of the molecule is CCCn1ccnc1C(NC)c1nccc2ccccc12. The molecule has 1 atom stereocenters. The fraction of sp³-hybridized carbons (Fsp3) is 0.294. The standard InChI is InChI=1S/C17H20N4/c1-3-11-21-12-10-20-17(21)16(18-2)15-14-7-5-4-6-13(14)8-9-19-15/h4-10,12,16,18H,3,11H2,1-2H3. The Kier molecular flexibility index (Phi) is 3.97. The molecule has 1 unspecified atom stereocenters. The average Bonchev–Trinajstić information content (AvgIpc) is 2.97. The Balaban J connectivity index is 2.12. The maximum absolute atomic E-state index is 4.62. The molecule has 0 fully saturated rings. The van der Waals surface area contributed by atoms with Gasteiger partial charge >= 0.3 is 0 Å². The smallest absolute Gasteiger partial charge is 0.132 e. The molecule has 0 spiro atoms. The van der Waals surface area contributed by atoms with Crippen molar-refractivity contribution in [3.05, 3.63) is 60.4 Å². The van der Waals surface area contributed by atoms with Crippen LogP contribution in [0.4, 0.5) is 0 Å². The van der Waals surface area contributed by atoms with Gasteiger partial charge in [-0.2, -0.15) is 0 Å². The van der Waals surface area contributed by atoms with E-state index < -0.39 is 0 Å². The van der Waals surface area contributed by atoms with Crippen LogP contribution in [0.5, 0.6) is 0 Å². The van der Waals surface area contributed by atoms with Crippen molar-refractivity contribution in [1.82, 2.24) is 19.9 Å². The second-order valence-corrected chi connectivity index (χ2v) is 5.12. The highest BCUT2D eigenvalue weighted by molar-refractivity contribution is 5.84. The Morgan fingerprint density at radius 3 is 2.81 bits per heavy atom. The first kappa shape index (κ1) is 13.8. The van der Waals surface area contributed by atoms with Gasteiger partial charge in [0.25, 0.3) is 0 Å². The Morgan fingerprint density at radius 2 is 2.00 bits per heavy atom. The number of pyridine rings is 1. The van der Waals surface area contributed by atoms with Gasteiger partial charge in [-0.05, 0) is 24.9 Å². The van der Waals surface area contributed by atoms with Gasteiger partial charge in [-0.15, -0.1) is 0 Å². The molecule has 3 rings (SSSR count). The molecular formula is C17H20N4. The summed E-state index contributed by atoms with van der Waals surface area (Å²) in [5, 5.41) is 5.74. The Morgan fingerprint density at radius 1 is 1.14 bits per heavy atom. The highest BCUT2D eigenvalue weighted by atomic mass is 15.1. The summed E-state index contributed by atoms with van der Waals surface area (Å²) in [6.07, 6.45) is 6.85. The predicted molar refractivity (Wildman–Crippen MR) is 85.2 cm³/mol. The zero-order chi connectivity index (χ0) is 14.7. The summed E-state index contributed by atoms with van der Waals surface area (Å²) in [4.78, 5) is 9.17. The maximum atomic E-state index is 4.62. The minimum Gasteiger partial charge on any atom is -0.333 e. The number of aryl methyl sites for hydroxylation is 1. The van der Waals surface area contributed by atoms with Gasteiger partial charge in [0.1, 0.15) is 11.9 Å². The van der Waals surface area contributed by atoms with Crippen molar-refractivity contribution in [3.8, 4) is 0 Å². The summed E-state index contributed by atoms with van der Waals surface area (Å²) in [6.45, 7) is 3.15. The zero-order valence-electron chi connectivity index (χ0n) is 12.5. The molecular weight excluding hydrogens is 260 g/mol. The molecule has 0 amide bonds. The van der Waals surface area contributed by atoms with Crippen molar-refractivity contribution in [1.29, 1.82) is 0 Å². The number of hydrogen-bond acceptors (Lipinski definition) is 3. The molecule has 0 bridgehead atoms. The molecule has 2 aromatic heterocycles. The number of hydrogen-bond donors (Lipinski definition) is 1. The lowest BCUT2D eigenvalue weighted by Gasteiger charge is -2.18. The predicted octanol–water partition coefficient (Wildman–Crippen LogP) is 3.15. The van der Waals surface area contributed by atoms with Crippen molar-refractivity contribution >= 4 is 10.8 Å². The van der Waals surface area contributed by atoms with E-state index in [9.17, 15) is 0 Å². The fourth-order valence-electron chi connectivity index (χ4n) is 2.77. The number of imidazole rings is 1. The van der Waals surface area contributed by atoms with Crippen molar-refractivity contribution in [2.45, 2.75) is 25.9 Å². The van der Waals surface area contributed by atoms with E-state index in [0.29, 0.717) is 0 Å². The van der Waals surface area contributed by atoms with Crippen LogP contribution in [0.3, 0.4) is 0 Å². The quantitative estimate of drug-likeness (QED) is 0.780. The van der Waals surface area contributed by atoms with Crippen LogP contribution in [0.1, 0.15) is 30.9 Å². The van der Waals surface area contributed by atoms with Crippen LogP contribution in [0.15, 0.2) is 48.9 Å². The highest BCUT2D eigenvalue weighted by Crippen LogP contribution is 2.26. The molecule has 3 aromatic rings. The minimum absolute atomic E-state index is 0.00218. The third-order valence-corrected chi connectivity index (χ3v) is 3.74. The number of nitrogens with zero attached hydrogens (tertiary/aromatic N) is 3. The van der Waals surface area contributed by atoms with Crippen LogP contribution in [0.25, 0.3) is 10.8 Å². The molecule has 0 aliphatic carbocycles. The van der Waals surface area contributed by atoms with Crippen molar-refractivity contribution in [2.24, 2.45) is 0 Å². The summed E-state index contributed by atoms with van der Waals surface area (Å²) in [7, 11) is 1.96. The van der Waals surface area contributed by atoms with Crippen molar-refractivity contribution in [3.63, 3.8) is 0 Å². The van der Waals surface area contributed by atoms with E-state index in [1.54, 1.807) is 0 Å².